The van der Waals surface area contributed by atoms with Crippen LogP contribution in [-0.4, -0.2) is 12.4 Å². The molecule has 2 nitrogen and oxygen atoms in total. The lowest BCUT2D eigenvalue weighted by Crippen LogP contribution is -1.92. The molecule has 0 aromatic heterocycles. The molecule has 0 saturated heterocycles. The van der Waals surface area contributed by atoms with Crippen LogP contribution in [0.3, 0.4) is 0 Å². The highest BCUT2D eigenvalue weighted by Gasteiger charge is 1.92. The van der Waals surface area contributed by atoms with Crippen molar-refractivity contribution in [2.24, 2.45) is 0 Å². The molecule has 0 atom stereocenters. The van der Waals surface area contributed by atoms with Gasteiger partial charge in [-0.3, -0.25) is 4.79 Å². The lowest BCUT2D eigenvalue weighted by molar-refractivity contribution is -0.114. The molecule has 0 aliphatic heterocycles. The molecule has 0 bridgehead atoms. The highest BCUT2D eigenvalue weighted by Crippen LogP contribution is 1.88. The minimum atomic E-state index is -0.167. The molecule has 0 saturated carbocycles. The largest absolute Gasteiger partial charge is 0.295 e. The number of carbonyl (C=O) groups is 1. The van der Waals surface area contributed by atoms with Crippen LogP contribution in [-0.2, 0) is 9.90 Å². The molecule has 0 fully saturated rings. The molecular formula is C6H9O2. The average molecular weight is 113 g/mol. The van der Waals surface area contributed by atoms with Crippen LogP contribution in [0.1, 0.15) is 12.8 Å². The average Bonchev–Trinajstić information content (AvgIpc) is 1.83. The van der Waals surface area contributed by atoms with Gasteiger partial charge in [-0.25, -0.2) is 5.11 Å². The molecule has 0 unspecified atom stereocenters. The minimum Gasteiger partial charge on any atom is -0.295 e. The zero-order valence-electron chi connectivity index (χ0n) is 4.72. The van der Waals surface area contributed by atoms with E-state index in [4.69, 9.17) is 0 Å². The van der Waals surface area contributed by atoms with Crippen molar-refractivity contribution in [3.05, 3.63) is 12.7 Å². The first-order valence-corrected chi connectivity index (χ1v) is 2.54. The number of hydrogen-bond acceptors (Lipinski definition) is 1. The quantitative estimate of drug-likeness (QED) is 0.500. The van der Waals surface area contributed by atoms with E-state index in [1.54, 1.807) is 0 Å². The summed E-state index contributed by atoms with van der Waals surface area (Å²) in [6.07, 6.45) is 2.04. The third-order valence-electron chi connectivity index (χ3n) is 0.795. The summed E-state index contributed by atoms with van der Waals surface area (Å²) in [5.41, 5.74) is 0. The summed E-state index contributed by atoms with van der Waals surface area (Å²) < 4.78 is 0. The van der Waals surface area contributed by atoms with E-state index in [0.717, 1.165) is 0 Å². The molecule has 0 spiro atoms. The maximum atomic E-state index is 10.3. The molecular weight excluding hydrogens is 104 g/mol. The van der Waals surface area contributed by atoms with Gasteiger partial charge in [0.05, 0.1) is 6.61 Å². The van der Waals surface area contributed by atoms with Gasteiger partial charge >= 0.3 is 0 Å². The highest BCUT2D eigenvalue weighted by molar-refractivity contribution is 5.88. The second-order valence-electron chi connectivity index (χ2n) is 1.48. The Labute approximate surface area is 48.8 Å². The van der Waals surface area contributed by atoms with Gasteiger partial charge < -0.3 is 0 Å². The zero-order chi connectivity index (χ0) is 6.41. The SMILES string of the molecule is C=CC(=O)CCC[O]. The van der Waals surface area contributed by atoms with Crippen LogP contribution in [0.5, 0.6) is 0 Å². The van der Waals surface area contributed by atoms with Crippen LogP contribution in [0.15, 0.2) is 12.7 Å². The Bertz CT molecular complexity index is 86.5. The van der Waals surface area contributed by atoms with E-state index in [1.807, 2.05) is 0 Å². The van der Waals surface area contributed by atoms with E-state index in [9.17, 15) is 9.90 Å². The van der Waals surface area contributed by atoms with E-state index >= 15 is 0 Å². The van der Waals surface area contributed by atoms with Crippen molar-refractivity contribution in [1.29, 1.82) is 0 Å². The van der Waals surface area contributed by atoms with Crippen molar-refractivity contribution in [1.82, 2.24) is 0 Å². The monoisotopic (exact) mass is 113 g/mol. The van der Waals surface area contributed by atoms with Crippen molar-refractivity contribution in [2.75, 3.05) is 6.61 Å². The van der Waals surface area contributed by atoms with Crippen LogP contribution in [0, 0.1) is 0 Å². The summed E-state index contributed by atoms with van der Waals surface area (Å²) in [6.45, 7) is 3.09. The molecule has 0 amide bonds. The second kappa shape index (κ2) is 4.53. The number of carbonyl (C=O) groups excluding carboxylic acids is 1. The van der Waals surface area contributed by atoms with Crippen LogP contribution < -0.4 is 0 Å². The smallest absolute Gasteiger partial charge is 0.155 e. The first-order valence-electron chi connectivity index (χ1n) is 2.54. The van der Waals surface area contributed by atoms with E-state index in [0.29, 0.717) is 12.8 Å². The maximum Gasteiger partial charge on any atom is 0.155 e. The van der Waals surface area contributed by atoms with E-state index in [-0.39, 0.29) is 12.4 Å². The Hall–Kier alpha value is -0.630. The fraction of sp³-hybridized carbons (Fsp3) is 0.500. The fourth-order valence-electron chi connectivity index (χ4n) is 0.348. The van der Waals surface area contributed by atoms with Gasteiger partial charge in [0.1, 0.15) is 0 Å². The van der Waals surface area contributed by atoms with Crippen LogP contribution in [0.25, 0.3) is 0 Å². The Morgan fingerprint density at radius 3 is 2.62 bits per heavy atom. The van der Waals surface area contributed by atoms with Gasteiger partial charge in [-0.15, -0.1) is 0 Å². The Kier molecular flexibility index (Phi) is 4.17. The number of hydrogen-bond donors (Lipinski definition) is 0. The molecule has 0 aromatic carbocycles. The molecule has 0 heterocycles. The number of rotatable bonds is 4. The van der Waals surface area contributed by atoms with E-state index in [1.165, 1.54) is 6.08 Å². The molecule has 0 N–H and O–H groups in total. The Morgan fingerprint density at radius 2 is 2.25 bits per heavy atom. The van der Waals surface area contributed by atoms with Crippen molar-refractivity contribution < 1.29 is 9.90 Å². The second-order valence-corrected chi connectivity index (χ2v) is 1.48. The van der Waals surface area contributed by atoms with Crippen molar-refractivity contribution >= 4 is 5.78 Å². The molecule has 0 rings (SSSR count). The predicted molar refractivity (Wildman–Crippen MR) is 30.0 cm³/mol. The summed E-state index contributed by atoms with van der Waals surface area (Å²) in [7, 11) is 0. The molecule has 45 valence electrons. The lowest BCUT2D eigenvalue weighted by atomic mass is 10.2. The van der Waals surface area contributed by atoms with Gasteiger partial charge in [0, 0.05) is 6.42 Å². The third kappa shape index (κ3) is 3.56. The van der Waals surface area contributed by atoms with Gasteiger partial charge in [0.2, 0.25) is 0 Å². The Morgan fingerprint density at radius 1 is 1.62 bits per heavy atom. The zero-order valence-corrected chi connectivity index (χ0v) is 4.72. The van der Waals surface area contributed by atoms with Crippen molar-refractivity contribution in [3.8, 4) is 0 Å². The van der Waals surface area contributed by atoms with Gasteiger partial charge in [-0.1, -0.05) is 6.58 Å². The molecule has 0 aromatic rings. The van der Waals surface area contributed by atoms with E-state index < -0.39 is 0 Å². The first-order chi connectivity index (χ1) is 3.81. The standard InChI is InChI=1S/C6H9O2/c1-2-6(8)4-3-5-7/h2H,1,3-5H2. The highest BCUT2D eigenvalue weighted by atomic mass is 16.3. The van der Waals surface area contributed by atoms with Crippen LogP contribution in [0.4, 0.5) is 0 Å². The minimum absolute atomic E-state index is 0.0409. The third-order valence-corrected chi connectivity index (χ3v) is 0.795. The molecule has 0 aliphatic carbocycles. The maximum absolute atomic E-state index is 10.3. The fourth-order valence-corrected chi connectivity index (χ4v) is 0.348. The normalized spacial score (nSPS) is 8.62. The first kappa shape index (κ1) is 7.37. The predicted octanol–water partition coefficient (Wildman–Crippen LogP) is 0.952. The van der Waals surface area contributed by atoms with Crippen molar-refractivity contribution in [3.63, 3.8) is 0 Å². The molecule has 8 heavy (non-hydrogen) atoms. The lowest BCUT2D eigenvalue weighted by Gasteiger charge is -1.86. The van der Waals surface area contributed by atoms with Gasteiger partial charge in [0.25, 0.3) is 0 Å². The molecule has 0 aliphatic rings. The molecule has 1 radical (unpaired) electrons. The van der Waals surface area contributed by atoms with Gasteiger partial charge in [0.15, 0.2) is 5.78 Å². The summed E-state index contributed by atoms with van der Waals surface area (Å²) in [6, 6.07) is 0. The van der Waals surface area contributed by atoms with Crippen molar-refractivity contribution in [2.45, 2.75) is 12.8 Å². The van der Waals surface area contributed by atoms with E-state index in [2.05, 4.69) is 6.58 Å². The van der Waals surface area contributed by atoms with Crippen LogP contribution in [0.2, 0.25) is 0 Å². The number of ketones is 1. The summed E-state index contributed by atoms with van der Waals surface area (Å²) in [4.78, 5) is 10.3. The van der Waals surface area contributed by atoms with Gasteiger partial charge in [-0.2, -0.15) is 0 Å². The van der Waals surface area contributed by atoms with Gasteiger partial charge in [-0.05, 0) is 12.5 Å². The summed E-state index contributed by atoms with van der Waals surface area (Å²) in [5, 5.41) is 9.76. The summed E-state index contributed by atoms with van der Waals surface area (Å²) in [5.74, 6) is -0.0409. The molecule has 2 heteroatoms. The number of allylic oxidation sites excluding steroid dienone is 1. The van der Waals surface area contributed by atoms with Crippen LogP contribution >= 0.6 is 0 Å². The summed E-state index contributed by atoms with van der Waals surface area (Å²) >= 11 is 0. The Balaban J connectivity index is 3.11. The topological polar surface area (TPSA) is 37.0 Å².